The first-order chi connectivity index (χ1) is 34.5. The summed E-state index contributed by atoms with van der Waals surface area (Å²) >= 11 is 2.06. The van der Waals surface area contributed by atoms with Crippen molar-refractivity contribution in [1.82, 2.24) is 25.5 Å². The second-order valence-electron chi connectivity index (χ2n) is 18.3. The van der Waals surface area contributed by atoms with Crippen molar-refractivity contribution >= 4 is 68.1 Å². The minimum Gasteiger partial charge on any atom is -0.492 e. The number of aromatic nitrogens is 2. The summed E-state index contributed by atoms with van der Waals surface area (Å²) in [5, 5.41) is 32.2. The number of hydrogen-bond donors (Lipinski definition) is 5. The van der Waals surface area contributed by atoms with Crippen LogP contribution in [-0.2, 0) is 38.0 Å². The fourth-order valence-corrected chi connectivity index (χ4v) is 11.0. The molecule has 5 N–H and O–H groups in total. The number of aliphatic hydroxyl groups excluding tert-OH is 2. The highest BCUT2D eigenvalue weighted by molar-refractivity contribution is 8.13. The van der Waals surface area contributed by atoms with E-state index in [4.69, 9.17) is 33.2 Å². The SMILES string of the molecule is COC(=O)NC1=C2C#C/C=C\C#C[C@H](OC3OC(C)C(SC)(C(=O)c4nccc5c4[nH]c4ccc(OCCN(C)C)cc45)C(O)C3OC3CC(OC)C(NC(C)C)CO3)C2/C(=C\CSC(C)=O)[C@@H](O)CC1=O. The smallest absolute Gasteiger partial charge is 0.411 e. The van der Waals surface area contributed by atoms with Gasteiger partial charge in [-0.05, 0) is 69.3 Å². The summed E-state index contributed by atoms with van der Waals surface area (Å²) in [4.78, 5) is 64.5. The Morgan fingerprint density at radius 3 is 2.60 bits per heavy atom. The average Bonchev–Trinajstić information content (AvgIpc) is 3.72. The number of hydrogen-bond acceptors (Lipinski definition) is 18. The van der Waals surface area contributed by atoms with Gasteiger partial charge in [-0.1, -0.05) is 55.4 Å². The van der Waals surface area contributed by atoms with Gasteiger partial charge >= 0.3 is 6.09 Å². The molecule has 7 rings (SSSR count). The Morgan fingerprint density at radius 1 is 1.11 bits per heavy atom. The van der Waals surface area contributed by atoms with E-state index in [1.165, 1.54) is 19.1 Å². The van der Waals surface area contributed by atoms with Gasteiger partial charge in [0, 0.05) is 73.3 Å². The number of rotatable bonds is 17. The molecule has 11 atom stereocenters. The van der Waals surface area contributed by atoms with Crippen LogP contribution in [0.3, 0.4) is 0 Å². The predicted octanol–water partition coefficient (Wildman–Crippen LogP) is 4.29. The number of H-pyrrole nitrogens is 1. The summed E-state index contributed by atoms with van der Waals surface area (Å²) in [7, 11) is 6.67. The number of likely N-dealkylation sites (N-methyl/N-ethyl adjacent to an activating group) is 1. The minimum absolute atomic E-state index is 0.0365. The van der Waals surface area contributed by atoms with Gasteiger partial charge < -0.3 is 58.6 Å². The highest BCUT2D eigenvalue weighted by Gasteiger charge is 2.61. The Bertz CT molecular complexity index is 2740. The lowest BCUT2D eigenvalue weighted by atomic mass is 9.82. The number of carbonyl (C=O) groups is 4. The van der Waals surface area contributed by atoms with Crippen molar-refractivity contribution in [3.63, 3.8) is 0 Å². The van der Waals surface area contributed by atoms with E-state index in [0.29, 0.717) is 23.3 Å². The number of methoxy groups -OCH3 is 2. The first-order valence-electron chi connectivity index (χ1n) is 23.6. The monoisotopic (exact) mass is 1030 g/mol. The number of alkyl carbamates (subject to hydrolysis) is 1. The number of amides is 1. The van der Waals surface area contributed by atoms with Gasteiger partial charge in [0.15, 0.2) is 23.5 Å². The summed E-state index contributed by atoms with van der Waals surface area (Å²) in [6.07, 6.45) is -3.46. The fraction of sp³-hybridized carbons (Fsp3) is 0.519. The van der Waals surface area contributed by atoms with Gasteiger partial charge in [-0.3, -0.25) is 24.7 Å². The molecule has 1 aromatic carbocycles. The number of carbonyl (C=O) groups excluding carboxylic acids is 4. The van der Waals surface area contributed by atoms with Crippen LogP contribution < -0.4 is 15.4 Å². The Kier molecular flexibility index (Phi) is 18.5. The van der Waals surface area contributed by atoms with Crippen molar-refractivity contribution in [3.05, 3.63) is 71.2 Å². The zero-order chi connectivity index (χ0) is 51.9. The highest BCUT2D eigenvalue weighted by Crippen LogP contribution is 2.46. The predicted molar refractivity (Wildman–Crippen MR) is 273 cm³/mol. The van der Waals surface area contributed by atoms with E-state index in [9.17, 15) is 24.6 Å². The standard InChI is InChI=1S/C52H63N5O13S2/c1-28(2)54-37-27-67-42(26-41(37)64-7)70-47-49(62)52(71-9,48(61)46-45-32(18-20-53-46)35-24-31(16-17-36(35)55-45)66-22-21-57(5)6)29(3)68-50(47)69-40-15-13-11-10-12-14-34-43(40)33(19-23-72-30(4)58)38(59)25-39(60)44(34)56-51(63)65-8/h10-11,16-20,24,28-29,37-38,40-43,47,49-50,54-55,59,62H,21-23,25-27H2,1-9H3,(H,56,63)/b11-10-,33-19-/t29?,37?,38-,40-,41?,42?,43?,47?,49?,50?,52?/m0/s1. The zero-order valence-electron chi connectivity index (χ0n) is 41.8. The van der Waals surface area contributed by atoms with Crippen LogP contribution in [0.2, 0.25) is 0 Å². The maximum atomic E-state index is 15.6. The first-order valence-corrected chi connectivity index (χ1v) is 25.9. The molecule has 2 aliphatic heterocycles. The number of aliphatic hydroxyl groups is 2. The van der Waals surface area contributed by atoms with Crippen molar-refractivity contribution in [2.75, 3.05) is 60.1 Å². The molecular weight excluding hydrogens is 967 g/mol. The lowest BCUT2D eigenvalue weighted by molar-refractivity contribution is -0.326. The number of pyridine rings is 1. The van der Waals surface area contributed by atoms with Crippen LogP contribution in [0.25, 0.3) is 21.8 Å². The van der Waals surface area contributed by atoms with E-state index < -0.39 is 77.8 Å². The molecule has 1 amide bonds. The van der Waals surface area contributed by atoms with E-state index in [0.717, 1.165) is 48.1 Å². The molecule has 2 aliphatic carbocycles. The lowest BCUT2D eigenvalue weighted by Gasteiger charge is -2.51. The van der Waals surface area contributed by atoms with Gasteiger partial charge in [0.1, 0.15) is 41.1 Å². The minimum atomic E-state index is -1.79. The van der Waals surface area contributed by atoms with E-state index in [1.54, 1.807) is 32.6 Å². The summed E-state index contributed by atoms with van der Waals surface area (Å²) in [5.41, 5.74) is 1.26. The molecule has 386 valence electrons. The Morgan fingerprint density at radius 2 is 1.89 bits per heavy atom. The normalized spacial score (nSPS) is 29.6. The number of benzene rings is 1. The maximum Gasteiger partial charge on any atom is 0.411 e. The van der Waals surface area contributed by atoms with Gasteiger partial charge in [-0.2, -0.15) is 0 Å². The van der Waals surface area contributed by atoms with Crippen LogP contribution in [0.5, 0.6) is 5.75 Å². The molecule has 9 unspecified atom stereocenters. The molecule has 20 heteroatoms. The number of thioether (sulfide) groups is 2. The molecule has 3 aromatic rings. The van der Waals surface area contributed by atoms with E-state index in [2.05, 4.69) is 44.3 Å². The molecule has 18 nitrogen and oxygen atoms in total. The molecule has 4 aliphatic rings. The first kappa shape index (κ1) is 54.7. The van der Waals surface area contributed by atoms with Gasteiger partial charge in [0.25, 0.3) is 0 Å². The summed E-state index contributed by atoms with van der Waals surface area (Å²) in [6, 6.07) is 7.39. The van der Waals surface area contributed by atoms with E-state index in [-0.39, 0.29) is 64.6 Å². The molecular formula is C52H63N5O13S2. The van der Waals surface area contributed by atoms with Crippen LogP contribution in [0, 0.1) is 29.6 Å². The molecule has 4 heterocycles. The van der Waals surface area contributed by atoms with Crippen LogP contribution in [-0.4, -0.2) is 174 Å². The van der Waals surface area contributed by atoms with Crippen LogP contribution in [0.15, 0.2) is 65.5 Å². The number of allylic oxidation sites excluding steroid dienone is 3. The second kappa shape index (κ2) is 24.3. The summed E-state index contributed by atoms with van der Waals surface area (Å²) < 4.78 is 41.9. The lowest BCUT2D eigenvalue weighted by Crippen LogP contribution is -2.69. The molecule has 0 bridgehead atoms. The molecule has 0 radical (unpaired) electrons. The number of fused-ring (bicyclic) bond motifs is 4. The summed E-state index contributed by atoms with van der Waals surface area (Å²) in [5.74, 6) is 10.3. The van der Waals surface area contributed by atoms with Gasteiger partial charge in [-0.15, -0.1) is 11.8 Å². The second-order valence-corrected chi connectivity index (χ2v) is 20.5. The van der Waals surface area contributed by atoms with Crippen molar-refractivity contribution < 1.29 is 62.5 Å². The molecule has 0 saturated carbocycles. The Hall–Kier alpha value is -5.07. The van der Waals surface area contributed by atoms with Gasteiger partial charge in [0.2, 0.25) is 5.78 Å². The topological polar surface area (TPSA) is 229 Å². The molecule has 72 heavy (non-hydrogen) atoms. The summed E-state index contributed by atoms with van der Waals surface area (Å²) in [6.45, 7) is 8.46. The maximum absolute atomic E-state index is 15.6. The Balaban J connectivity index is 1.33. The third-order valence-corrected chi connectivity index (χ3v) is 15.1. The van der Waals surface area contributed by atoms with Gasteiger partial charge in [0.05, 0.1) is 55.2 Å². The van der Waals surface area contributed by atoms with E-state index in [1.807, 2.05) is 57.1 Å². The third-order valence-electron chi connectivity index (χ3n) is 12.9. The van der Waals surface area contributed by atoms with Crippen molar-refractivity contribution in [1.29, 1.82) is 0 Å². The molecule has 2 fully saturated rings. The third kappa shape index (κ3) is 12.0. The number of ether oxygens (including phenoxy) is 7. The van der Waals surface area contributed by atoms with Crippen molar-refractivity contribution in [2.45, 2.75) is 107 Å². The number of nitrogens with one attached hydrogen (secondary N) is 3. The average molecular weight is 1030 g/mol. The number of nitrogens with zero attached hydrogens (tertiary/aromatic N) is 2. The van der Waals surface area contributed by atoms with E-state index >= 15 is 4.79 Å². The number of ketones is 2. The van der Waals surface area contributed by atoms with Crippen molar-refractivity contribution in [2.24, 2.45) is 5.92 Å². The molecule has 0 spiro atoms. The van der Waals surface area contributed by atoms with Gasteiger partial charge in [-0.25, -0.2) is 4.79 Å². The van der Waals surface area contributed by atoms with Crippen LogP contribution in [0.1, 0.15) is 51.0 Å². The zero-order valence-corrected chi connectivity index (χ0v) is 43.4. The molecule has 2 aromatic heterocycles. The molecule has 2 saturated heterocycles. The van der Waals surface area contributed by atoms with Crippen LogP contribution >= 0.6 is 23.5 Å². The van der Waals surface area contributed by atoms with Crippen LogP contribution in [0.4, 0.5) is 4.79 Å². The fourth-order valence-electron chi connectivity index (χ4n) is 9.43. The van der Waals surface area contributed by atoms with Crippen molar-refractivity contribution in [3.8, 4) is 29.4 Å². The number of Topliss-reactive ketones (excluding diaryl/α,β-unsaturated/α-hetero) is 2. The Labute approximate surface area is 427 Å². The highest BCUT2D eigenvalue weighted by atomic mass is 32.2. The quantitative estimate of drug-likeness (QED) is 0.0722. The largest absolute Gasteiger partial charge is 0.492 e. The number of aromatic amines is 1.